The lowest BCUT2D eigenvalue weighted by molar-refractivity contribution is -0.118. The molecule has 0 bridgehead atoms. The first-order valence-electron chi connectivity index (χ1n) is 14.8. The molecule has 0 radical (unpaired) electrons. The Kier molecular flexibility index (Phi) is 9.03. The third-order valence-electron chi connectivity index (χ3n) is 7.52. The Morgan fingerprint density at radius 1 is 1.12 bits per heavy atom. The highest BCUT2D eigenvalue weighted by Crippen LogP contribution is 2.36. The first-order valence-corrected chi connectivity index (χ1v) is 14.8. The van der Waals surface area contributed by atoms with Gasteiger partial charge in [-0.2, -0.15) is 0 Å². The molecule has 42 heavy (non-hydrogen) atoms. The summed E-state index contributed by atoms with van der Waals surface area (Å²) in [6.45, 7) is 14.3. The number of benzene rings is 1. The number of unbranched alkanes of at least 4 members (excludes halogenated alkanes) is 1. The molecule has 2 aliphatic rings. The lowest BCUT2D eigenvalue weighted by atomic mass is 9.75. The molecular weight excluding hydrogens is 536 g/mol. The fraction of sp³-hybridized carbons (Fsp3) is 0.562. The van der Waals surface area contributed by atoms with E-state index in [-0.39, 0.29) is 29.3 Å². The van der Waals surface area contributed by atoms with Crippen molar-refractivity contribution < 1.29 is 28.7 Å². The number of likely N-dealkylation sites (tertiary alicyclic amines) is 1. The van der Waals surface area contributed by atoms with Gasteiger partial charge < -0.3 is 30.0 Å². The molecule has 1 saturated heterocycles. The van der Waals surface area contributed by atoms with Crippen LogP contribution < -0.4 is 15.4 Å². The van der Waals surface area contributed by atoms with Gasteiger partial charge in [0.1, 0.15) is 29.2 Å². The molecule has 2 heterocycles. The van der Waals surface area contributed by atoms with Crippen molar-refractivity contribution in [2.24, 2.45) is 5.41 Å². The number of hydrogen-bond donors (Lipinski definition) is 3. The number of H-pyrrole nitrogens is 1. The van der Waals surface area contributed by atoms with Crippen molar-refractivity contribution in [1.29, 1.82) is 0 Å². The maximum Gasteiger partial charge on any atom is 0.410 e. The number of nitrogens with one attached hydrogen (secondary N) is 3. The number of carbonyl (C=O) groups is 4. The number of aromatic amines is 1. The fourth-order valence-corrected chi connectivity index (χ4v) is 5.39. The van der Waals surface area contributed by atoms with E-state index in [2.05, 4.69) is 15.6 Å². The van der Waals surface area contributed by atoms with Crippen LogP contribution in [0.4, 0.5) is 10.5 Å². The molecule has 1 unspecified atom stereocenters. The third kappa shape index (κ3) is 7.52. The summed E-state index contributed by atoms with van der Waals surface area (Å²) >= 11 is 0. The average molecular weight is 581 g/mol. The van der Waals surface area contributed by atoms with Crippen molar-refractivity contribution in [3.05, 3.63) is 46.8 Å². The molecule has 4 rings (SSSR count). The van der Waals surface area contributed by atoms with Gasteiger partial charge in [0.25, 0.3) is 5.91 Å². The van der Waals surface area contributed by atoms with Crippen molar-refractivity contribution in [2.45, 2.75) is 98.3 Å². The van der Waals surface area contributed by atoms with Crippen molar-refractivity contribution in [3.63, 3.8) is 0 Å². The number of fused-ring (bicyclic) bond motifs is 1. The summed E-state index contributed by atoms with van der Waals surface area (Å²) in [5.74, 6) is -0.0434. The van der Waals surface area contributed by atoms with Crippen LogP contribution in [0.1, 0.15) is 99.3 Å². The summed E-state index contributed by atoms with van der Waals surface area (Å²) in [5, 5.41) is 5.79. The highest BCUT2D eigenvalue weighted by Gasteiger charge is 2.36. The van der Waals surface area contributed by atoms with Gasteiger partial charge in [0.05, 0.1) is 13.1 Å². The Balaban J connectivity index is 1.34. The Hall–Kier alpha value is -3.82. The molecule has 10 nitrogen and oxygen atoms in total. The minimum atomic E-state index is -0.742. The topological polar surface area (TPSA) is 130 Å². The van der Waals surface area contributed by atoms with Crippen molar-refractivity contribution in [3.8, 4) is 5.75 Å². The summed E-state index contributed by atoms with van der Waals surface area (Å²) in [7, 11) is 0. The lowest BCUT2D eigenvalue weighted by Gasteiger charge is -2.39. The number of ketones is 1. The normalized spacial score (nSPS) is 17.1. The maximum absolute atomic E-state index is 13.3. The smallest absolute Gasteiger partial charge is 0.410 e. The number of amides is 3. The van der Waals surface area contributed by atoms with Gasteiger partial charge in [-0.3, -0.25) is 14.4 Å². The minimum Gasteiger partial charge on any atom is -0.487 e. The number of ether oxygens (including phenoxy) is 2. The van der Waals surface area contributed by atoms with E-state index >= 15 is 0 Å². The number of Topliss-reactive ketones (excluding diaryl/α,β-unsaturated/α-hetero) is 1. The molecule has 1 atom stereocenters. The number of aromatic nitrogens is 1. The predicted octanol–water partition coefficient (Wildman–Crippen LogP) is 5.40. The molecule has 228 valence electrons. The van der Waals surface area contributed by atoms with Gasteiger partial charge in [0.2, 0.25) is 5.91 Å². The van der Waals surface area contributed by atoms with Crippen LogP contribution >= 0.6 is 0 Å². The number of anilines is 1. The Bertz CT molecular complexity index is 1330. The van der Waals surface area contributed by atoms with Crippen LogP contribution in [0, 0.1) is 12.3 Å². The molecule has 10 heteroatoms. The second kappa shape index (κ2) is 12.2. The van der Waals surface area contributed by atoms with E-state index in [0.29, 0.717) is 60.6 Å². The van der Waals surface area contributed by atoms with Gasteiger partial charge in [-0.05, 0) is 75.8 Å². The standard InChI is InChI=1S/C32H44N4O6/c1-8-9-10-23(35-29(39)27-19(2)26-24(34-27)15-32(6,7)16-25(26)37)28(38)33-20-11-13-21(14-12-20)41-22-17-36(18-22)30(40)42-31(3,4)5/h11-14,22-23,34H,8-10,15-18H2,1-7H3,(H,33,38)(H,35,39). The zero-order chi connectivity index (χ0) is 30.8. The molecule has 0 saturated carbocycles. The van der Waals surface area contributed by atoms with Crippen LogP contribution in [-0.2, 0) is 16.0 Å². The Morgan fingerprint density at radius 3 is 2.40 bits per heavy atom. The first kappa shape index (κ1) is 31.1. The average Bonchev–Trinajstić information content (AvgIpc) is 3.18. The van der Waals surface area contributed by atoms with Gasteiger partial charge in [-0.15, -0.1) is 0 Å². The molecule has 2 aromatic rings. The van der Waals surface area contributed by atoms with Crippen LogP contribution in [0.15, 0.2) is 24.3 Å². The molecular formula is C32H44N4O6. The summed E-state index contributed by atoms with van der Waals surface area (Å²) in [4.78, 5) is 56.2. The molecule has 0 spiro atoms. The molecule has 3 N–H and O–H groups in total. The highest BCUT2D eigenvalue weighted by atomic mass is 16.6. The predicted molar refractivity (Wildman–Crippen MR) is 160 cm³/mol. The van der Waals surface area contributed by atoms with E-state index < -0.39 is 17.6 Å². The van der Waals surface area contributed by atoms with E-state index in [1.807, 2.05) is 41.5 Å². The second-order valence-corrected chi connectivity index (χ2v) is 13.2. The zero-order valence-electron chi connectivity index (χ0n) is 25.8. The summed E-state index contributed by atoms with van der Waals surface area (Å²) < 4.78 is 11.3. The van der Waals surface area contributed by atoms with Gasteiger partial charge in [-0.1, -0.05) is 33.6 Å². The molecule has 1 aromatic heterocycles. The SMILES string of the molecule is CCCCC(NC(=O)c1[nH]c2c(c1C)C(=O)CC(C)(C)C2)C(=O)Nc1ccc(OC2CN(C(=O)OC(C)(C)C)C2)cc1. The summed E-state index contributed by atoms with van der Waals surface area (Å²) in [6, 6.07) is 6.27. The van der Waals surface area contributed by atoms with Gasteiger partial charge in [0, 0.05) is 23.4 Å². The Morgan fingerprint density at radius 2 is 1.79 bits per heavy atom. The maximum atomic E-state index is 13.3. The van der Waals surface area contributed by atoms with Crippen LogP contribution in [0.3, 0.4) is 0 Å². The monoisotopic (exact) mass is 580 g/mol. The number of carbonyl (C=O) groups excluding carboxylic acids is 4. The van der Waals surface area contributed by atoms with Crippen LogP contribution in [0.25, 0.3) is 0 Å². The van der Waals surface area contributed by atoms with Gasteiger partial charge in [0.15, 0.2) is 5.78 Å². The fourth-order valence-electron chi connectivity index (χ4n) is 5.39. The lowest BCUT2D eigenvalue weighted by Crippen LogP contribution is -2.57. The molecule has 3 amide bonds. The second-order valence-electron chi connectivity index (χ2n) is 13.2. The van der Waals surface area contributed by atoms with Crippen LogP contribution in [0.2, 0.25) is 0 Å². The van der Waals surface area contributed by atoms with E-state index in [9.17, 15) is 19.2 Å². The van der Waals surface area contributed by atoms with Gasteiger partial charge >= 0.3 is 6.09 Å². The van der Waals surface area contributed by atoms with Crippen molar-refractivity contribution >= 4 is 29.4 Å². The van der Waals surface area contributed by atoms with E-state index in [1.54, 1.807) is 36.1 Å². The van der Waals surface area contributed by atoms with Crippen molar-refractivity contribution in [2.75, 3.05) is 18.4 Å². The van der Waals surface area contributed by atoms with Crippen molar-refractivity contribution in [1.82, 2.24) is 15.2 Å². The van der Waals surface area contributed by atoms with E-state index in [1.165, 1.54) is 0 Å². The highest BCUT2D eigenvalue weighted by molar-refractivity contribution is 6.06. The van der Waals surface area contributed by atoms with Crippen LogP contribution in [-0.4, -0.2) is 64.4 Å². The zero-order valence-corrected chi connectivity index (χ0v) is 25.8. The largest absolute Gasteiger partial charge is 0.487 e. The number of nitrogens with zero attached hydrogens (tertiary/aromatic N) is 1. The molecule has 1 aliphatic carbocycles. The van der Waals surface area contributed by atoms with E-state index in [0.717, 1.165) is 18.5 Å². The summed E-state index contributed by atoms with van der Waals surface area (Å²) in [6.07, 6.45) is 2.76. The minimum absolute atomic E-state index is 0.0411. The first-order chi connectivity index (χ1) is 19.7. The summed E-state index contributed by atoms with van der Waals surface area (Å²) in [5.41, 5.74) is 2.23. The molecule has 1 fully saturated rings. The molecule has 1 aromatic carbocycles. The Labute approximate surface area is 247 Å². The quantitative estimate of drug-likeness (QED) is 0.364. The number of rotatable bonds is 9. The van der Waals surface area contributed by atoms with E-state index in [4.69, 9.17) is 9.47 Å². The third-order valence-corrected chi connectivity index (χ3v) is 7.52. The van der Waals surface area contributed by atoms with Crippen LogP contribution in [0.5, 0.6) is 5.75 Å². The van der Waals surface area contributed by atoms with Gasteiger partial charge in [-0.25, -0.2) is 4.79 Å². The number of hydrogen-bond acceptors (Lipinski definition) is 6. The molecule has 1 aliphatic heterocycles.